The fraction of sp³-hybridized carbons (Fsp3) is 0.267. The summed E-state index contributed by atoms with van der Waals surface area (Å²) in [5, 5.41) is 6.02. The number of nitrogens with two attached hydrogens (primary N) is 1. The highest BCUT2D eigenvalue weighted by Crippen LogP contribution is 2.17. The quantitative estimate of drug-likeness (QED) is 0.723. The van der Waals surface area contributed by atoms with E-state index in [-0.39, 0.29) is 11.6 Å². The van der Waals surface area contributed by atoms with Gasteiger partial charge >= 0.3 is 0 Å². The number of anilines is 3. The van der Waals surface area contributed by atoms with Crippen molar-refractivity contribution in [1.29, 1.82) is 0 Å². The van der Waals surface area contributed by atoms with Crippen LogP contribution in [0, 0.1) is 0 Å². The van der Waals surface area contributed by atoms with Gasteiger partial charge in [-0.15, -0.1) is 0 Å². The molecule has 1 aromatic carbocycles. The molecule has 1 aromatic heterocycles. The number of benzene rings is 1. The number of nitrogen functional groups attached to an aromatic ring is 1. The van der Waals surface area contributed by atoms with Gasteiger partial charge in [-0.25, -0.2) is 9.97 Å². The van der Waals surface area contributed by atoms with Crippen molar-refractivity contribution >= 4 is 23.1 Å². The Hall–Kier alpha value is -2.67. The summed E-state index contributed by atoms with van der Waals surface area (Å²) in [5.74, 6) is 0.467. The van der Waals surface area contributed by atoms with Crippen LogP contribution in [0.25, 0.3) is 0 Å². The monoisotopic (exact) mass is 298 g/mol. The molecule has 0 bridgehead atoms. The van der Waals surface area contributed by atoms with Gasteiger partial charge < -0.3 is 21.3 Å². The highest BCUT2D eigenvalue weighted by molar-refractivity contribution is 6.04. The topological polar surface area (TPSA) is 96.2 Å². The average Bonchev–Trinajstić information content (AvgIpc) is 2.58. The summed E-state index contributed by atoms with van der Waals surface area (Å²) in [6.45, 7) is 3.63. The molecular weight excluding hydrogens is 280 g/mol. The van der Waals surface area contributed by atoms with Crippen LogP contribution in [0.5, 0.6) is 0 Å². The molecule has 114 valence electrons. The molecule has 4 N–H and O–H groups in total. The molecule has 2 heterocycles. The molecule has 0 atom stereocenters. The number of carbonyl (C=O) groups excluding carboxylic acids is 1. The van der Waals surface area contributed by atoms with Gasteiger partial charge in [0, 0.05) is 26.2 Å². The summed E-state index contributed by atoms with van der Waals surface area (Å²) in [7, 11) is 0. The van der Waals surface area contributed by atoms with Gasteiger partial charge in [0.2, 0.25) is 0 Å². The van der Waals surface area contributed by atoms with Gasteiger partial charge in [-0.05, 0) is 12.1 Å². The second kappa shape index (κ2) is 6.40. The van der Waals surface area contributed by atoms with Gasteiger partial charge in [0.15, 0.2) is 0 Å². The van der Waals surface area contributed by atoms with E-state index in [1.165, 1.54) is 6.20 Å². The molecule has 1 fully saturated rings. The maximum Gasteiger partial charge on any atom is 0.275 e. The van der Waals surface area contributed by atoms with Crippen LogP contribution in [0.3, 0.4) is 0 Å². The number of nitrogens with one attached hydrogen (secondary N) is 2. The average molecular weight is 298 g/mol. The van der Waals surface area contributed by atoms with Crippen molar-refractivity contribution in [1.82, 2.24) is 15.3 Å². The van der Waals surface area contributed by atoms with E-state index in [4.69, 9.17) is 5.73 Å². The number of amides is 1. The minimum atomic E-state index is -0.322. The Kier molecular flexibility index (Phi) is 4.15. The van der Waals surface area contributed by atoms with E-state index >= 15 is 0 Å². The molecule has 1 aliphatic heterocycles. The van der Waals surface area contributed by atoms with Crippen LogP contribution >= 0.6 is 0 Å². The van der Waals surface area contributed by atoms with E-state index in [0.717, 1.165) is 32.0 Å². The second-order valence-electron chi connectivity index (χ2n) is 5.04. The van der Waals surface area contributed by atoms with Crippen molar-refractivity contribution < 1.29 is 4.79 Å². The Labute approximate surface area is 128 Å². The first kappa shape index (κ1) is 14.3. The van der Waals surface area contributed by atoms with Gasteiger partial charge in [-0.2, -0.15) is 0 Å². The summed E-state index contributed by atoms with van der Waals surface area (Å²) in [6.07, 6.45) is 3.13. The number of hydrogen-bond donors (Lipinski definition) is 3. The molecule has 3 rings (SSSR count). The molecule has 1 saturated heterocycles. The van der Waals surface area contributed by atoms with Gasteiger partial charge in [-0.1, -0.05) is 12.1 Å². The van der Waals surface area contributed by atoms with Crippen LogP contribution in [0.2, 0.25) is 0 Å². The van der Waals surface area contributed by atoms with Gasteiger partial charge in [0.05, 0.1) is 23.8 Å². The number of aromatic nitrogens is 2. The summed E-state index contributed by atoms with van der Waals surface area (Å²) in [4.78, 5) is 22.8. The SMILES string of the molecule is Nc1ccccc1NC(=O)c1cnc(N2CCNCC2)cn1. The van der Waals surface area contributed by atoms with Crippen LogP contribution in [-0.4, -0.2) is 42.1 Å². The van der Waals surface area contributed by atoms with E-state index < -0.39 is 0 Å². The third-order valence-corrected chi connectivity index (χ3v) is 3.52. The van der Waals surface area contributed by atoms with E-state index in [9.17, 15) is 4.79 Å². The number of rotatable bonds is 3. The van der Waals surface area contributed by atoms with E-state index in [0.29, 0.717) is 11.4 Å². The molecule has 1 aliphatic rings. The van der Waals surface area contributed by atoms with E-state index in [1.807, 2.05) is 12.1 Å². The normalized spacial score (nSPS) is 14.6. The van der Waals surface area contributed by atoms with Crippen LogP contribution in [0.4, 0.5) is 17.2 Å². The lowest BCUT2D eigenvalue weighted by Gasteiger charge is -2.27. The third kappa shape index (κ3) is 3.15. The van der Waals surface area contributed by atoms with Crippen molar-refractivity contribution in [2.45, 2.75) is 0 Å². The minimum absolute atomic E-state index is 0.266. The lowest BCUT2D eigenvalue weighted by atomic mass is 10.2. The van der Waals surface area contributed by atoms with Gasteiger partial charge in [0.1, 0.15) is 11.5 Å². The molecule has 22 heavy (non-hydrogen) atoms. The first-order valence-corrected chi connectivity index (χ1v) is 7.17. The Bertz CT molecular complexity index is 651. The first-order valence-electron chi connectivity index (χ1n) is 7.17. The predicted molar refractivity (Wildman–Crippen MR) is 85.9 cm³/mol. The first-order chi connectivity index (χ1) is 10.7. The van der Waals surface area contributed by atoms with Crippen LogP contribution < -0.4 is 21.3 Å². The number of piperazine rings is 1. The highest BCUT2D eigenvalue weighted by Gasteiger charge is 2.14. The Morgan fingerprint density at radius 2 is 1.95 bits per heavy atom. The maximum absolute atomic E-state index is 12.2. The zero-order valence-corrected chi connectivity index (χ0v) is 12.1. The number of para-hydroxylation sites is 2. The smallest absolute Gasteiger partial charge is 0.275 e. The fourth-order valence-electron chi connectivity index (χ4n) is 2.29. The second-order valence-corrected chi connectivity index (χ2v) is 5.04. The lowest BCUT2D eigenvalue weighted by molar-refractivity contribution is 0.102. The molecule has 7 heteroatoms. The zero-order valence-electron chi connectivity index (χ0n) is 12.1. The van der Waals surface area contributed by atoms with Crippen molar-refractivity contribution in [2.75, 3.05) is 42.1 Å². The van der Waals surface area contributed by atoms with E-state index in [2.05, 4.69) is 25.5 Å². The number of nitrogens with zero attached hydrogens (tertiary/aromatic N) is 3. The van der Waals surface area contributed by atoms with Crippen LogP contribution in [-0.2, 0) is 0 Å². The third-order valence-electron chi connectivity index (χ3n) is 3.52. The van der Waals surface area contributed by atoms with Crippen LogP contribution in [0.15, 0.2) is 36.7 Å². The predicted octanol–water partition coefficient (Wildman–Crippen LogP) is 0.721. The zero-order chi connectivity index (χ0) is 15.4. The van der Waals surface area contributed by atoms with Crippen molar-refractivity contribution in [3.8, 4) is 0 Å². The van der Waals surface area contributed by atoms with Crippen LogP contribution in [0.1, 0.15) is 10.5 Å². The van der Waals surface area contributed by atoms with Crippen molar-refractivity contribution in [2.24, 2.45) is 0 Å². The fourth-order valence-corrected chi connectivity index (χ4v) is 2.29. The molecule has 0 aliphatic carbocycles. The number of hydrogen-bond acceptors (Lipinski definition) is 6. The molecule has 0 spiro atoms. The molecule has 7 nitrogen and oxygen atoms in total. The maximum atomic E-state index is 12.2. The molecular formula is C15H18N6O. The summed E-state index contributed by atoms with van der Waals surface area (Å²) in [5.41, 5.74) is 7.16. The molecule has 2 aromatic rings. The molecule has 0 saturated carbocycles. The standard InChI is InChI=1S/C15H18N6O/c16-11-3-1-2-4-12(11)20-15(22)13-9-19-14(10-18-13)21-7-5-17-6-8-21/h1-4,9-10,17H,5-8,16H2,(H,20,22). The largest absolute Gasteiger partial charge is 0.397 e. The van der Waals surface area contributed by atoms with E-state index in [1.54, 1.807) is 18.3 Å². The number of carbonyl (C=O) groups is 1. The Balaban J connectivity index is 1.69. The highest BCUT2D eigenvalue weighted by atomic mass is 16.1. The van der Waals surface area contributed by atoms with Crippen molar-refractivity contribution in [3.05, 3.63) is 42.4 Å². The Morgan fingerprint density at radius 1 is 1.18 bits per heavy atom. The minimum Gasteiger partial charge on any atom is -0.397 e. The van der Waals surface area contributed by atoms with Crippen molar-refractivity contribution in [3.63, 3.8) is 0 Å². The Morgan fingerprint density at radius 3 is 2.64 bits per heavy atom. The van der Waals surface area contributed by atoms with Gasteiger partial charge in [0.25, 0.3) is 5.91 Å². The molecule has 0 radical (unpaired) electrons. The summed E-state index contributed by atoms with van der Waals surface area (Å²) < 4.78 is 0. The summed E-state index contributed by atoms with van der Waals surface area (Å²) in [6, 6.07) is 7.10. The molecule has 1 amide bonds. The van der Waals surface area contributed by atoms with Gasteiger partial charge in [-0.3, -0.25) is 4.79 Å². The summed E-state index contributed by atoms with van der Waals surface area (Å²) >= 11 is 0. The molecule has 0 unspecified atom stereocenters. The lowest BCUT2D eigenvalue weighted by Crippen LogP contribution is -2.44.